The van der Waals surface area contributed by atoms with E-state index in [4.69, 9.17) is 0 Å². The minimum absolute atomic E-state index is 0.0370. The minimum atomic E-state index is -0.470. The van der Waals surface area contributed by atoms with Gasteiger partial charge in [0.2, 0.25) is 0 Å². The van der Waals surface area contributed by atoms with Gasteiger partial charge < -0.3 is 4.90 Å². The number of hydrogen-bond acceptors (Lipinski definition) is 4. The lowest BCUT2D eigenvalue weighted by Gasteiger charge is -2.18. The van der Waals surface area contributed by atoms with Crippen LogP contribution in [0.2, 0.25) is 0 Å². The van der Waals surface area contributed by atoms with Crippen molar-refractivity contribution in [2.75, 3.05) is 7.05 Å². The number of pyridine rings is 1. The van der Waals surface area contributed by atoms with Crippen LogP contribution in [0.5, 0.6) is 0 Å². The lowest BCUT2D eigenvalue weighted by molar-refractivity contribution is -0.385. The Morgan fingerprint density at radius 2 is 1.96 bits per heavy atom. The van der Waals surface area contributed by atoms with Crippen molar-refractivity contribution in [2.24, 2.45) is 0 Å². The Morgan fingerprint density at radius 1 is 1.23 bits per heavy atom. The van der Waals surface area contributed by atoms with Gasteiger partial charge in [-0.2, -0.15) is 0 Å². The number of carbonyl (C=O) groups excluding carboxylic acids is 1. The van der Waals surface area contributed by atoms with Crippen LogP contribution in [-0.2, 0) is 6.54 Å². The minimum Gasteiger partial charge on any atom is -0.337 e. The van der Waals surface area contributed by atoms with Crippen LogP contribution in [0, 0.1) is 22.9 Å². The molecular weight excluding hydrogens is 337 g/mol. The molecule has 132 valence electrons. The summed E-state index contributed by atoms with van der Waals surface area (Å²) in [4.78, 5) is 29.3. The summed E-state index contributed by atoms with van der Waals surface area (Å²) in [6.45, 7) is 1.81. The molecular formula is C19H16FN3O3. The van der Waals surface area contributed by atoms with Crippen LogP contribution in [0.15, 0.2) is 48.5 Å². The number of rotatable bonds is 4. The number of nitro groups is 1. The quantitative estimate of drug-likeness (QED) is 0.527. The molecule has 0 fully saturated rings. The zero-order valence-corrected chi connectivity index (χ0v) is 14.3. The number of nitro benzene ring substituents is 1. The molecule has 0 radical (unpaired) electrons. The van der Waals surface area contributed by atoms with Gasteiger partial charge in [-0.05, 0) is 25.1 Å². The molecule has 0 unspecified atom stereocenters. The first kappa shape index (κ1) is 17.5. The van der Waals surface area contributed by atoms with Crippen LogP contribution < -0.4 is 0 Å². The second-order valence-corrected chi connectivity index (χ2v) is 6.02. The van der Waals surface area contributed by atoms with Gasteiger partial charge in [0.05, 0.1) is 22.5 Å². The van der Waals surface area contributed by atoms with Gasteiger partial charge in [-0.3, -0.25) is 19.9 Å². The fourth-order valence-electron chi connectivity index (χ4n) is 2.87. The van der Waals surface area contributed by atoms with E-state index in [-0.39, 0.29) is 18.1 Å². The Balaban J connectivity index is 1.97. The van der Waals surface area contributed by atoms with Crippen LogP contribution in [0.25, 0.3) is 10.9 Å². The van der Waals surface area contributed by atoms with E-state index in [1.807, 2.05) is 0 Å². The SMILES string of the molecule is Cc1cc(C(=O)N(C)Cc2ccccc2[N+](=O)[O-])c2ccc(F)cc2n1. The van der Waals surface area contributed by atoms with E-state index in [1.54, 1.807) is 38.2 Å². The van der Waals surface area contributed by atoms with E-state index in [0.29, 0.717) is 27.7 Å². The molecule has 7 heteroatoms. The zero-order chi connectivity index (χ0) is 18.8. The summed E-state index contributed by atoms with van der Waals surface area (Å²) >= 11 is 0. The maximum absolute atomic E-state index is 13.5. The average molecular weight is 353 g/mol. The van der Waals surface area contributed by atoms with Crippen molar-refractivity contribution in [3.05, 3.63) is 81.3 Å². The molecule has 0 saturated carbocycles. The second-order valence-electron chi connectivity index (χ2n) is 6.02. The van der Waals surface area contributed by atoms with Crippen molar-refractivity contribution in [3.8, 4) is 0 Å². The van der Waals surface area contributed by atoms with Crippen LogP contribution in [-0.4, -0.2) is 27.8 Å². The van der Waals surface area contributed by atoms with Gasteiger partial charge in [0, 0.05) is 35.8 Å². The van der Waals surface area contributed by atoms with Crippen LogP contribution >= 0.6 is 0 Å². The molecule has 0 saturated heterocycles. The first-order valence-corrected chi connectivity index (χ1v) is 7.91. The number of nitrogens with zero attached hydrogens (tertiary/aromatic N) is 3. The molecule has 2 aromatic carbocycles. The normalized spacial score (nSPS) is 10.7. The van der Waals surface area contributed by atoms with E-state index in [0.717, 1.165) is 0 Å². The van der Waals surface area contributed by atoms with E-state index >= 15 is 0 Å². The number of fused-ring (bicyclic) bond motifs is 1. The smallest absolute Gasteiger partial charge is 0.274 e. The van der Waals surface area contributed by atoms with Gasteiger partial charge in [-0.1, -0.05) is 18.2 Å². The van der Waals surface area contributed by atoms with Crippen molar-refractivity contribution in [1.82, 2.24) is 9.88 Å². The summed E-state index contributed by atoms with van der Waals surface area (Å²) in [7, 11) is 1.57. The van der Waals surface area contributed by atoms with Crippen LogP contribution in [0.3, 0.4) is 0 Å². The summed E-state index contributed by atoms with van der Waals surface area (Å²) in [5.41, 5.74) is 1.77. The third kappa shape index (κ3) is 3.37. The highest BCUT2D eigenvalue weighted by Crippen LogP contribution is 2.23. The molecule has 0 bridgehead atoms. The van der Waals surface area contributed by atoms with Gasteiger partial charge in [0.15, 0.2) is 0 Å². The molecule has 6 nitrogen and oxygen atoms in total. The topological polar surface area (TPSA) is 76.3 Å². The first-order valence-electron chi connectivity index (χ1n) is 7.91. The summed E-state index contributed by atoms with van der Waals surface area (Å²) in [6.07, 6.45) is 0. The number of halogens is 1. The number of para-hydroxylation sites is 1. The molecule has 3 rings (SSSR count). The monoisotopic (exact) mass is 353 g/mol. The van der Waals surface area contributed by atoms with Crippen molar-refractivity contribution >= 4 is 22.5 Å². The summed E-state index contributed by atoms with van der Waals surface area (Å²) in [6, 6.07) is 12.0. The Morgan fingerprint density at radius 3 is 2.69 bits per heavy atom. The number of hydrogen-bond donors (Lipinski definition) is 0. The number of aryl methyl sites for hydroxylation is 1. The second kappa shape index (κ2) is 6.87. The predicted molar refractivity (Wildman–Crippen MR) is 95.3 cm³/mol. The van der Waals surface area contributed by atoms with Crippen molar-refractivity contribution in [3.63, 3.8) is 0 Å². The van der Waals surface area contributed by atoms with Crippen LogP contribution in [0.1, 0.15) is 21.6 Å². The summed E-state index contributed by atoms with van der Waals surface area (Å²) in [5, 5.41) is 11.7. The van der Waals surface area contributed by atoms with Crippen molar-refractivity contribution in [1.29, 1.82) is 0 Å². The molecule has 1 heterocycles. The Bertz CT molecular complexity index is 1010. The molecule has 1 aromatic heterocycles. The molecule has 0 N–H and O–H groups in total. The Labute approximate surface area is 149 Å². The lowest BCUT2D eigenvalue weighted by atomic mass is 10.1. The summed E-state index contributed by atoms with van der Waals surface area (Å²) in [5.74, 6) is -0.743. The average Bonchev–Trinajstić information content (AvgIpc) is 2.60. The molecule has 0 spiro atoms. The highest BCUT2D eigenvalue weighted by molar-refractivity contribution is 6.06. The van der Waals surface area contributed by atoms with Gasteiger partial charge >= 0.3 is 0 Å². The zero-order valence-electron chi connectivity index (χ0n) is 14.3. The third-order valence-electron chi connectivity index (χ3n) is 4.07. The third-order valence-corrected chi connectivity index (χ3v) is 4.07. The molecule has 0 aliphatic carbocycles. The van der Waals surface area contributed by atoms with E-state index in [1.165, 1.54) is 29.2 Å². The van der Waals surface area contributed by atoms with E-state index in [2.05, 4.69) is 4.98 Å². The van der Waals surface area contributed by atoms with Gasteiger partial charge in [0.1, 0.15) is 5.82 Å². The number of carbonyl (C=O) groups is 1. The Kier molecular flexibility index (Phi) is 4.62. The molecule has 0 atom stereocenters. The van der Waals surface area contributed by atoms with E-state index < -0.39 is 10.7 Å². The van der Waals surface area contributed by atoms with Gasteiger partial charge in [0.25, 0.3) is 11.6 Å². The van der Waals surface area contributed by atoms with Crippen molar-refractivity contribution < 1.29 is 14.1 Å². The summed E-state index contributed by atoms with van der Waals surface area (Å²) < 4.78 is 13.5. The van der Waals surface area contributed by atoms with E-state index in [9.17, 15) is 19.3 Å². The maximum Gasteiger partial charge on any atom is 0.274 e. The predicted octanol–water partition coefficient (Wildman–Crippen LogP) is 3.86. The number of amides is 1. The fraction of sp³-hybridized carbons (Fsp3) is 0.158. The van der Waals surface area contributed by atoms with Gasteiger partial charge in [-0.25, -0.2) is 4.39 Å². The number of benzene rings is 2. The van der Waals surface area contributed by atoms with Crippen molar-refractivity contribution in [2.45, 2.75) is 13.5 Å². The fourth-order valence-corrected chi connectivity index (χ4v) is 2.87. The molecule has 3 aromatic rings. The maximum atomic E-state index is 13.5. The first-order chi connectivity index (χ1) is 12.4. The highest BCUT2D eigenvalue weighted by Gasteiger charge is 2.20. The largest absolute Gasteiger partial charge is 0.337 e. The van der Waals surface area contributed by atoms with Gasteiger partial charge in [-0.15, -0.1) is 0 Å². The molecule has 26 heavy (non-hydrogen) atoms. The lowest BCUT2D eigenvalue weighted by Crippen LogP contribution is -2.27. The Hall–Kier alpha value is -3.35. The standard InChI is InChI=1S/C19H16FN3O3/c1-12-9-16(15-8-7-14(20)10-17(15)21-12)19(24)22(2)11-13-5-3-4-6-18(13)23(25)26/h3-10H,11H2,1-2H3. The number of aromatic nitrogens is 1. The highest BCUT2D eigenvalue weighted by atomic mass is 19.1. The van der Waals surface area contributed by atoms with Crippen LogP contribution in [0.4, 0.5) is 10.1 Å². The molecule has 1 amide bonds. The molecule has 0 aliphatic heterocycles. The molecule has 0 aliphatic rings.